The minimum Gasteiger partial charge on any atom is -0.367 e. The number of rotatable bonds is 4. The van der Waals surface area contributed by atoms with Crippen molar-refractivity contribution < 1.29 is 0 Å². The van der Waals surface area contributed by atoms with Crippen molar-refractivity contribution in [3.8, 4) is 0 Å². The maximum Gasteiger partial charge on any atom is 0.137 e. The van der Waals surface area contributed by atoms with E-state index in [2.05, 4.69) is 29.1 Å². The lowest BCUT2D eigenvalue weighted by Gasteiger charge is -2.29. The van der Waals surface area contributed by atoms with E-state index in [9.17, 15) is 0 Å². The quantitative estimate of drug-likeness (QED) is 0.832. The summed E-state index contributed by atoms with van der Waals surface area (Å²) in [5.74, 6) is 2.48. The summed E-state index contributed by atoms with van der Waals surface area (Å²) in [4.78, 5) is 8.87. The Labute approximate surface area is 121 Å². The van der Waals surface area contributed by atoms with E-state index in [1.165, 1.54) is 32.1 Å². The topological polar surface area (TPSA) is 37.8 Å². The predicted octanol–water partition coefficient (Wildman–Crippen LogP) is 4.38. The first-order chi connectivity index (χ1) is 9.11. The molecule has 0 aromatic carbocycles. The Morgan fingerprint density at radius 2 is 1.95 bits per heavy atom. The molecular formula is C15H24ClN3. The molecule has 1 aliphatic carbocycles. The molecule has 1 atom stereocenters. The SMILES string of the molecule is CCc1nc(Cl)c(C)c(NC(C)C2CCCCC2)n1. The van der Waals surface area contributed by atoms with Gasteiger partial charge < -0.3 is 5.32 Å². The molecule has 1 heterocycles. The second-order valence-electron chi connectivity index (χ2n) is 5.59. The molecule has 1 N–H and O–H groups in total. The molecule has 0 saturated heterocycles. The van der Waals surface area contributed by atoms with Crippen LogP contribution in [0.15, 0.2) is 0 Å². The zero-order valence-corrected chi connectivity index (χ0v) is 12.9. The maximum absolute atomic E-state index is 6.18. The summed E-state index contributed by atoms with van der Waals surface area (Å²) in [6, 6.07) is 0.453. The first-order valence-corrected chi connectivity index (χ1v) is 7.79. The Bertz CT molecular complexity index is 428. The van der Waals surface area contributed by atoms with Crippen LogP contribution in [0, 0.1) is 12.8 Å². The smallest absolute Gasteiger partial charge is 0.137 e. The molecule has 2 rings (SSSR count). The highest BCUT2D eigenvalue weighted by molar-refractivity contribution is 6.30. The van der Waals surface area contributed by atoms with Crippen LogP contribution >= 0.6 is 11.6 Å². The molecule has 19 heavy (non-hydrogen) atoms. The van der Waals surface area contributed by atoms with Crippen LogP contribution < -0.4 is 5.32 Å². The predicted molar refractivity (Wildman–Crippen MR) is 80.8 cm³/mol. The van der Waals surface area contributed by atoms with Gasteiger partial charge in [0.05, 0.1) is 0 Å². The Morgan fingerprint density at radius 1 is 1.26 bits per heavy atom. The Hall–Kier alpha value is -0.830. The standard InChI is InChI=1S/C15H24ClN3/c1-4-13-18-14(16)10(2)15(19-13)17-11(3)12-8-6-5-7-9-12/h11-12H,4-9H2,1-3H3,(H,17,18,19). The second-order valence-corrected chi connectivity index (χ2v) is 5.95. The normalized spacial score (nSPS) is 18.3. The average molecular weight is 282 g/mol. The summed E-state index contributed by atoms with van der Waals surface area (Å²) in [5.41, 5.74) is 0.960. The van der Waals surface area contributed by atoms with Gasteiger partial charge in [-0.05, 0) is 32.6 Å². The van der Waals surface area contributed by atoms with Crippen LogP contribution in [0.5, 0.6) is 0 Å². The summed E-state index contributed by atoms with van der Waals surface area (Å²) in [5, 5.41) is 4.13. The number of hydrogen-bond donors (Lipinski definition) is 1. The van der Waals surface area contributed by atoms with Crippen LogP contribution in [0.25, 0.3) is 0 Å². The van der Waals surface area contributed by atoms with Gasteiger partial charge in [-0.15, -0.1) is 0 Å². The summed E-state index contributed by atoms with van der Waals surface area (Å²) in [6.45, 7) is 6.30. The number of nitrogens with zero attached hydrogens (tertiary/aromatic N) is 2. The molecule has 1 unspecified atom stereocenters. The fourth-order valence-corrected chi connectivity index (χ4v) is 2.99. The first-order valence-electron chi connectivity index (χ1n) is 7.41. The van der Waals surface area contributed by atoms with Crippen molar-refractivity contribution >= 4 is 17.4 Å². The zero-order chi connectivity index (χ0) is 13.8. The maximum atomic E-state index is 6.18. The molecule has 0 bridgehead atoms. The van der Waals surface area contributed by atoms with E-state index in [1.807, 2.05) is 6.92 Å². The van der Waals surface area contributed by atoms with E-state index < -0.39 is 0 Å². The molecule has 0 aliphatic heterocycles. The molecule has 1 aliphatic rings. The number of hydrogen-bond acceptors (Lipinski definition) is 3. The number of aromatic nitrogens is 2. The molecule has 0 spiro atoms. The van der Waals surface area contributed by atoms with Crippen LogP contribution in [0.4, 0.5) is 5.82 Å². The fourth-order valence-electron chi connectivity index (χ4n) is 2.80. The van der Waals surface area contributed by atoms with Crippen LogP contribution in [-0.2, 0) is 6.42 Å². The van der Waals surface area contributed by atoms with Gasteiger partial charge in [0.1, 0.15) is 16.8 Å². The highest BCUT2D eigenvalue weighted by atomic mass is 35.5. The van der Waals surface area contributed by atoms with Crippen LogP contribution in [0.2, 0.25) is 5.15 Å². The van der Waals surface area contributed by atoms with E-state index in [4.69, 9.17) is 11.6 Å². The molecule has 0 radical (unpaired) electrons. The third-order valence-electron chi connectivity index (χ3n) is 4.17. The lowest BCUT2D eigenvalue weighted by Crippen LogP contribution is -2.28. The van der Waals surface area contributed by atoms with Gasteiger partial charge in [-0.2, -0.15) is 0 Å². The third kappa shape index (κ3) is 3.59. The zero-order valence-electron chi connectivity index (χ0n) is 12.2. The Balaban J connectivity index is 2.11. The van der Waals surface area contributed by atoms with Crippen LogP contribution in [0.3, 0.4) is 0 Å². The largest absolute Gasteiger partial charge is 0.367 e. The first kappa shape index (κ1) is 14.6. The monoisotopic (exact) mass is 281 g/mol. The van der Waals surface area contributed by atoms with Crippen molar-refractivity contribution in [2.45, 2.75) is 65.3 Å². The molecule has 1 fully saturated rings. The second kappa shape index (κ2) is 6.56. The number of halogens is 1. The Kier molecular flexibility index (Phi) is 5.03. The minimum atomic E-state index is 0.453. The van der Waals surface area contributed by atoms with Crippen molar-refractivity contribution in [2.75, 3.05) is 5.32 Å². The summed E-state index contributed by atoms with van der Waals surface area (Å²) in [6.07, 6.45) is 7.58. The van der Waals surface area contributed by atoms with E-state index in [0.717, 1.165) is 29.5 Å². The van der Waals surface area contributed by atoms with E-state index in [-0.39, 0.29) is 0 Å². The van der Waals surface area contributed by atoms with Crippen LogP contribution in [-0.4, -0.2) is 16.0 Å². The van der Waals surface area contributed by atoms with Crippen LogP contribution in [0.1, 0.15) is 57.3 Å². The lowest BCUT2D eigenvalue weighted by atomic mass is 9.84. The third-order valence-corrected chi connectivity index (χ3v) is 4.54. The van der Waals surface area contributed by atoms with Crippen molar-refractivity contribution in [1.82, 2.24) is 9.97 Å². The summed E-state index contributed by atoms with van der Waals surface area (Å²) in [7, 11) is 0. The molecule has 106 valence electrons. The van der Waals surface area contributed by atoms with E-state index in [0.29, 0.717) is 11.2 Å². The molecule has 1 aromatic heterocycles. The van der Waals surface area contributed by atoms with Crippen molar-refractivity contribution in [1.29, 1.82) is 0 Å². The van der Waals surface area contributed by atoms with Crippen molar-refractivity contribution in [2.24, 2.45) is 5.92 Å². The van der Waals surface area contributed by atoms with Gasteiger partial charge in [-0.1, -0.05) is 37.8 Å². The minimum absolute atomic E-state index is 0.453. The molecule has 1 aromatic rings. The molecule has 3 nitrogen and oxygen atoms in total. The number of aryl methyl sites for hydroxylation is 1. The van der Waals surface area contributed by atoms with Gasteiger partial charge >= 0.3 is 0 Å². The van der Waals surface area contributed by atoms with Gasteiger partial charge in [-0.3, -0.25) is 0 Å². The van der Waals surface area contributed by atoms with Gasteiger partial charge in [0.25, 0.3) is 0 Å². The highest BCUT2D eigenvalue weighted by Crippen LogP contribution is 2.29. The number of anilines is 1. The fraction of sp³-hybridized carbons (Fsp3) is 0.733. The van der Waals surface area contributed by atoms with Crippen molar-refractivity contribution in [3.05, 3.63) is 16.5 Å². The van der Waals surface area contributed by atoms with E-state index in [1.54, 1.807) is 0 Å². The highest BCUT2D eigenvalue weighted by Gasteiger charge is 2.21. The molecule has 4 heteroatoms. The number of nitrogens with one attached hydrogen (secondary N) is 1. The van der Waals surface area contributed by atoms with E-state index >= 15 is 0 Å². The van der Waals surface area contributed by atoms with Gasteiger partial charge in [0.2, 0.25) is 0 Å². The Morgan fingerprint density at radius 3 is 2.58 bits per heavy atom. The van der Waals surface area contributed by atoms with Gasteiger partial charge in [0.15, 0.2) is 0 Å². The van der Waals surface area contributed by atoms with Gasteiger partial charge in [0, 0.05) is 18.0 Å². The van der Waals surface area contributed by atoms with Crippen molar-refractivity contribution in [3.63, 3.8) is 0 Å². The summed E-state index contributed by atoms with van der Waals surface area (Å²) < 4.78 is 0. The van der Waals surface area contributed by atoms with Gasteiger partial charge in [-0.25, -0.2) is 9.97 Å². The lowest BCUT2D eigenvalue weighted by molar-refractivity contribution is 0.328. The molecule has 1 saturated carbocycles. The molecule has 0 amide bonds. The average Bonchev–Trinajstić information content (AvgIpc) is 2.44. The summed E-state index contributed by atoms with van der Waals surface area (Å²) >= 11 is 6.18. The molecular weight excluding hydrogens is 258 g/mol.